The first kappa shape index (κ1) is 7.79. The van der Waals surface area contributed by atoms with Crippen LogP contribution < -0.4 is 3.53 Å². The molecule has 1 rings (SSSR count). The van der Waals surface area contributed by atoms with Gasteiger partial charge in [-0.3, -0.25) is 3.53 Å². The van der Waals surface area contributed by atoms with Crippen molar-refractivity contribution in [3.8, 4) is 0 Å². The number of rotatable bonds is 3. The molecule has 0 aromatic carbocycles. The minimum absolute atomic E-state index is 1.05. The topological polar surface area (TPSA) is 12.0 Å². The van der Waals surface area contributed by atoms with E-state index >= 15 is 0 Å². The first-order valence-corrected chi connectivity index (χ1v) is 4.85. The van der Waals surface area contributed by atoms with Crippen molar-refractivity contribution >= 4 is 22.9 Å². The smallest absolute Gasteiger partial charge is 0.0169 e. The summed E-state index contributed by atoms with van der Waals surface area (Å²) in [6.07, 6.45) is 7.32. The van der Waals surface area contributed by atoms with E-state index in [2.05, 4.69) is 26.4 Å². The molecular formula is C7H14IN. The molecule has 0 radical (unpaired) electrons. The molecule has 0 aliphatic heterocycles. The van der Waals surface area contributed by atoms with Crippen LogP contribution in [0.4, 0.5) is 0 Å². The number of halogens is 1. The van der Waals surface area contributed by atoms with Crippen molar-refractivity contribution in [3.05, 3.63) is 0 Å². The number of hydrogen-bond donors (Lipinski definition) is 1. The number of nitrogens with one attached hydrogen (secondary N) is 1. The predicted molar refractivity (Wildman–Crippen MR) is 48.6 cm³/mol. The second-order valence-corrected chi connectivity index (χ2v) is 3.59. The van der Waals surface area contributed by atoms with Crippen molar-refractivity contribution in [1.29, 1.82) is 0 Å². The maximum Gasteiger partial charge on any atom is 0.0169 e. The van der Waals surface area contributed by atoms with Crippen molar-refractivity contribution in [2.45, 2.75) is 32.1 Å². The Morgan fingerprint density at radius 3 is 2.56 bits per heavy atom. The average molecular weight is 239 g/mol. The monoisotopic (exact) mass is 239 g/mol. The van der Waals surface area contributed by atoms with Crippen LogP contribution in [-0.4, -0.2) is 6.54 Å². The van der Waals surface area contributed by atoms with E-state index in [9.17, 15) is 0 Å². The maximum absolute atomic E-state index is 3.16. The van der Waals surface area contributed by atoms with Gasteiger partial charge in [-0.05, 0) is 12.3 Å². The molecule has 1 saturated carbocycles. The molecule has 9 heavy (non-hydrogen) atoms. The summed E-state index contributed by atoms with van der Waals surface area (Å²) in [5, 5.41) is 0. The molecule has 0 aromatic rings. The van der Waals surface area contributed by atoms with Crippen molar-refractivity contribution < 1.29 is 0 Å². The molecular weight excluding hydrogens is 225 g/mol. The Kier molecular flexibility index (Phi) is 3.89. The van der Waals surface area contributed by atoms with E-state index in [0.29, 0.717) is 0 Å². The Bertz CT molecular complexity index is 69.3. The zero-order chi connectivity index (χ0) is 6.53. The normalized spacial score (nSPS) is 21.0. The Balaban J connectivity index is 1.98. The minimum Gasteiger partial charge on any atom is -0.261 e. The fourth-order valence-corrected chi connectivity index (χ4v) is 1.87. The van der Waals surface area contributed by atoms with Crippen LogP contribution in [0.5, 0.6) is 0 Å². The molecule has 54 valence electrons. The maximum atomic E-state index is 3.16. The molecule has 1 aliphatic carbocycles. The second kappa shape index (κ2) is 4.50. The summed E-state index contributed by atoms with van der Waals surface area (Å²) in [4.78, 5) is 0. The van der Waals surface area contributed by atoms with Crippen LogP contribution in [0.3, 0.4) is 0 Å². The fraction of sp³-hybridized carbons (Fsp3) is 1.00. The van der Waals surface area contributed by atoms with Crippen LogP contribution in [0.2, 0.25) is 0 Å². The van der Waals surface area contributed by atoms with Crippen molar-refractivity contribution in [3.63, 3.8) is 0 Å². The highest BCUT2D eigenvalue weighted by molar-refractivity contribution is 14.1. The molecule has 0 unspecified atom stereocenters. The molecule has 0 spiro atoms. The van der Waals surface area contributed by atoms with Gasteiger partial charge in [-0.25, -0.2) is 0 Å². The Morgan fingerprint density at radius 2 is 2.00 bits per heavy atom. The lowest BCUT2D eigenvalue weighted by molar-refractivity contribution is 0.507. The molecule has 1 N–H and O–H groups in total. The van der Waals surface area contributed by atoms with Gasteiger partial charge in [-0.15, -0.1) is 0 Å². The molecule has 0 bridgehead atoms. The highest BCUT2D eigenvalue weighted by Crippen LogP contribution is 2.26. The highest BCUT2D eigenvalue weighted by Gasteiger charge is 2.13. The van der Waals surface area contributed by atoms with Gasteiger partial charge >= 0.3 is 0 Å². The Hall–Kier alpha value is 0.690. The standard InChI is InChI=1S/C7H14IN/c8-9-6-5-7-3-1-2-4-7/h7,9H,1-6H2. The van der Waals surface area contributed by atoms with Crippen LogP contribution in [-0.2, 0) is 0 Å². The third-order valence-corrected chi connectivity index (χ3v) is 2.66. The van der Waals surface area contributed by atoms with Gasteiger partial charge in [0.15, 0.2) is 0 Å². The summed E-state index contributed by atoms with van der Waals surface area (Å²) < 4.78 is 3.16. The molecule has 1 fully saturated rings. The summed E-state index contributed by atoms with van der Waals surface area (Å²) in [6, 6.07) is 0. The minimum atomic E-state index is 1.05. The summed E-state index contributed by atoms with van der Waals surface area (Å²) in [5.74, 6) is 1.05. The Morgan fingerprint density at radius 1 is 1.33 bits per heavy atom. The Labute approximate surface area is 71.1 Å². The summed E-state index contributed by atoms with van der Waals surface area (Å²) in [6.45, 7) is 1.20. The average Bonchev–Trinajstić information content (AvgIpc) is 2.34. The number of hydrogen-bond acceptors (Lipinski definition) is 1. The van der Waals surface area contributed by atoms with Gasteiger partial charge in [0, 0.05) is 29.4 Å². The lowest BCUT2D eigenvalue weighted by Crippen LogP contribution is -2.05. The fourth-order valence-electron chi connectivity index (χ4n) is 1.56. The van der Waals surface area contributed by atoms with Gasteiger partial charge in [-0.1, -0.05) is 25.7 Å². The third kappa shape index (κ3) is 2.85. The lowest BCUT2D eigenvalue weighted by Gasteiger charge is -2.05. The molecule has 0 atom stereocenters. The van der Waals surface area contributed by atoms with Crippen molar-refractivity contribution in [2.24, 2.45) is 5.92 Å². The molecule has 1 aliphatic rings. The van der Waals surface area contributed by atoms with E-state index in [1.54, 1.807) is 0 Å². The quantitative estimate of drug-likeness (QED) is 0.589. The molecule has 0 amide bonds. The zero-order valence-corrected chi connectivity index (χ0v) is 7.86. The summed E-state index contributed by atoms with van der Waals surface area (Å²) in [7, 11) is 0. The molecule has 1 nitrogen and oxygen atoms in total. The van der Waals surface area contributed by atoms with E-state index in [0.717, 1.165) is 5.92 Å². The molecule has 0 heterocycles. The van der Waals surface area contributed by atoms with Gasteiger partial charge in [0.25, 0.3) is 0 Å². The first-order valence-electron chi connectivity index (χ1n) is 3.77. The van der Waals surface area contributed by atoms with Gasteiger partial charge < -0.3 is 0 Å². The van der Waals surface area contributed by atoms with E-state index in [4.69, 9.17) is 0 Å². The third-order valence-electron chi connectivity index (χ3n) is 2.12. The second-order valence-electron chi connectivity index (χ2n) is 2.82. The van der Waals surface area contributed by atoms with E-state index in [1.807, 2.05) is 0 Å². The van der Waals surface area contributed by atoms with Gasteiger partial charge in [0.05, 0.1) is 0 Å². The SMILES string of the molecule is INCCC1CCCC1. The van der Waals surface area contributed by atoms with Crippen LogP contribution in [0.25, 0.3) is 0 Å². The van der Waals surface area contributed by atoms with Gasteiger partial charge in [0.1, 0.15) is 0 Å². The van der Waals surface area contributed by atoms with Crippen LogP contribution in [0, 0.1) is 5.92 Å². The van der Waals surface area contributed by atoms with Crippen LogP contribution in [0.1, 0.15) is 32.1 Å². The van der Waals surface area contributed by atoms with Crippen LogP contribution >= 0.6 is 22.9 Å². The highest BCUT2D eigenvalue weighted by atomic mass is 127. The largest absolute Gasteiger partial charge is 0.261 e. The zero-order valence-electron chi connectivity index (χ0n) is 5.70. The van der Waals surface area contributed by atoms with Gasteiger partial charge in [-0.2, -0.15) is 0 Å². The van der Waals surface area contributed by atoms with Gasteiger partial charge in [0.2, 0.25) is 0 Å². The van der Waals surface area contributed by atoms with E-state index in [-0.39, 0.29) is 0 Å². The van der Waals surface area contributed by atoms with E-state index < -0.39 is 0 Å². The first-order chi connectivity index (χ1) is 4.43. The molecule has 0 aromatic heterocycles. The van der Waals surface area contributed by atoms with Crippen molar-refractivity contribution in [1.82, 2.24) is 3.53 Å². The summed E-state index contributed by atoms with van der Waals surface area (Å²) >= 11 is 2.22. The summed E-state index contributed by atoms with van der Waals surface area (Å²) in [5.41, 5.74) is 0. The molecule has 2 heteroatoms. The van der Waals surface area contributed by atoms with Crippen molar-refractivity contribution in [2.75, 3.05) is 6.54 Å². The lowest BCUT2D eigenvalue weighted by atomic mass is 10.1. The van der Waals surface area contributed by atoms with E-state index in [1.165, 1.54) is 38.6 Å². The predicted octanol–water partition coefficient (Wildman–Crippen LogP) is 2.51. The molecule has 0 saturated heterocycles. The van der Waals surface area contributed by atoms with Crippen LogP contribution in [0.15, 0.2) is 0 Å².